The number of carbonyl (C=O) groups is 2. The van der Waals surface area contributed by atoms with Gasteiger partial charge in [-0.05, 0) is 48.2 Å². The molecule has 0 saturated carbocycles. The van der Waals surface area contributed by atoms with Crippen LogP contribution in [0.3, 0.4) is 0 Å². The van der Waals surface area contributed by atoms with E-state index in [0.29, 0.717) is 6.42 Å². The molecule has 3 aromatic rings. The number of carbonyl (C=O) groups excluding carboxylic acids is 2. The van der Waals surface area contributed by atoms with Crippen LogP contribution in [-0.4, -0.2) is 59.6 Å². The number of thioether (sulfide) groups is 1. The lowest BCUT2D eigenvalue weighted by molar-refractivity contribution is -0.132. The van der Waals surface area contributed by atoms with Crippen molar-refractivity contribution in [2.75, 3.05) is 37.2 Å². The first-order valence-corrected chi connectivity index (χ1v) is 13.7. The molecule has 0 aliphatic carbocycles. The quantitative estimate of drug-likeness (QED) is 0.392. The minimum atomic E-state index is -0.0733. The molecule has 1 N–H and O–H groups in total. The first-order chi connectivity index (χ1) is 17.6. The van der Waals surface area contributed by atoms with Gasteiger partial charge in [0.2, 0.25) is 11.8 Å². The topological polar surface area (TPSA) is 52.7 Å². The Morgan fingerprint density at radius 3 is 2.22 bits per heavy atom. The molecule has 0 aromatic heterocycles. The molecule has 1 fully saturated rings. The molecule has 188 valence electrons. The summed E-state index contributed by atoms with van der Waals surface area (Å²) in [5, 5.41) is 2.81. The highest BCUT2D eigenvalue weighted by atomic mass is 32.2. The molecule has 1 saturated heterocycles. The van der Waals surface area contributed by atoms with Gasteiger partial charge in [-0.3, -0.25) is 9.59 Å². The van der Waals surface area contributed by atoms with Gasteiger partial charge >= 0.3 is 0 Å². The highest BCUT2D eigenvalue weighted by molar-refractivity contribution is 7.99. The Kier molecular flexibility index (Phi) is 9.59. The van der Waals surface area contributed by atoms with Gasteiger partial charge < -0.3 is 15.1 Å². The van der Waals surface area contributed by atoms with Crippen LogP contribution in [0.4, 0.5) is 5.69 Å². The van der Waals surface area contributed by atoms with Crippen molar-refractivity contribution in [1.82, 2.24) is 9.80 Å². The van der Waals surface area contributed by atoms with E-state index in [9.17, 15) is 9.59 Å². The number of hydrogen-bond donors (Lipinski definition) is 1. The first-order valence-electron chi connectivity index (χ1n) is 12.7. The van der Waals surface area contributed by atoms with Crippen LogP contribution in [0.25, 0.3) is 0 Å². The molecule has 1 heterocycles. The van der Waals surface area contributed by atoms with Crippen LogP contribution >= 0.6 is 11.8 Å². The van der Waals surface area contributed by atoms with E-state index in [1.165, 1.54) is 18.1 Å². The summed E-state index contributed by atoms with van der Waals surface area (Å²) in [5.41, 5.74) is 3.39. The third kappa shape index (κ3) is 7.97. The largest absolute Gasteiger partial charge is 0.337 e. The zero-order valence-corrected chi connectivity index (χ0v) is 21.8. The van der Waals surface area contributed by atoms with Crippen molar-refractivity contribution in [3.63, 3.8) is 0 Å². The molecular formula is C30H35N3O2S. The molecular weight excluding hydrogens is 466 g/mol. The van der Waals surface area contributed by atoms with Crippen LogP contribution in [0.2, 0.25) is 0 Å². The monoisotopic (exact) mass is 501 g/mol. The summed E-state index contributed by atoms with van der Waals surface area (Å²) in [7, 11) is 0. The molecule has 1 aliphatic heterocycles. The molecule has 1 aliphatic rings. The van der Waals surface area contributed by atoms with Gasteiger partial charge in [0, 0.05) is 61.9 Å². The van der Waals surface area contributed by atoms with Gasteiger partial charge in [-0.15, -0.1) is 11.8 Å². The van der Waals surface area contributed by atoms with Crippen molar-refractivity contribution in [2.45, 2.75) is 37.1 Å². The lowest BCUT2D eigenvalue weighted by Crippen LogP contribution is -2.44. The Hall–Kier alpha value is -3.09. The molecule has 0 bridgehead atoms. The summed E-state index contributed by atoms with van der Waals surface area (Å²) < 4.78 is 0. The zero-order valence-electron chi connectivity index (χ0n) is 20.9. The fourth-order valence-corrected chi connectivity index (χ4v) is 5.61. The normalized spacial score (nSPS) is 15.4. The number of rotatable bonds is 10. The van der Waals surface area contributed by atoms with Crippen molar-refractivity contribution in [3.05, 3.63) is 96.1 Å². The second kappa shape index (κ2) is 13.3. The van der Waals surface area contributed by atoms with Gasteiger partial charge in [0.1, 0.15) is 0 Å². The number of nitrogens with zero attached hydrogens (tertiary/aromatic N) is 2. The zero-order chi connectivity index (χ0) is 25.2. The Bertz CT molecular complexity index is 1110. The maximum Gasteiger partial charge on any atom is 0.224 e. The molecule has 1 atom stereocenters. The maximum atomic E-state index is 13.3. The van der Waals surface area contributed by atoms with Crippen LogP contribution in [0.5, 0.6) is 0 Å². The van der Waals surface area contributed by atoms with Crippen molar-refractivity contribution in [1.29, 1.82) is 0 Å². The first kappa shape index (κ1) is 26.0. The lowest BCUT2D eigenvalue weighted by atomic mass is 10.1. The Morgan fingerprint density at radius 2 is 1.56 bits per heavy atom. The van der Waals surface area contributed by atoms with Crippen LogP contribution in [-0.2, 0) is 22.4 Å². The average Bonchev–Trinajstić information content (AvgIpc) is 3.08. The average molecular weight is 502 g/mol. The predicted molar refractivity (Wildman–Crippen MR) is 148 cm³/mol. The van der Waals surface area contributed by atoms with Gasteiger partial charge in [0.15, 0.2) is 0 Å². The number of amides is 2. The summed E-state index contributed by atoms with van der Waals surface area (Å²) in [4.78, 5) is 30.3. The molecule has 4 rings (SSSR count). The summed E-state index contributed by atoms with van der Waals surface area (Å²) in [6.45, 7) is 4.97. The molecule has 3 aromatic carbocycles. The van der Waals surface area contributed by atoms with Gasteiger partial charge in [-0.1, -0.05) is 60.7 Å². The minimum Gasteiger partial charge on any atom is -0.337 e. The predicted octanol–water partition coefficient (Wildman–Crippen LogP) is 5.13. The third-order valence-corrected chi connectivity index (χ3v) is 7.71. The van der Waals surface area contributed by atoms with E-state index >= 15 is 0 Å². The van der Waals surface area contributed by atoms with E-state index in [-0.39, 0.29) is 17.9 Å². The van der Waals surface area contributed by atoms with Gasteiger partial charge in [0.25, 0.3) is 0 Å². The maximum absolute atomic E-state index is 13.3. The second-order valence-electron chi connectivity index (χ2n) is 9.27. The summed E-state index contributed by atoms with van der Waals surface area (Å²) >= 11 is 1.77. The van der Waals surface area contributed by atoms with Gasteiger partial charge in [-0.25, -0.2) is 0 Å². The smallest absolute Gasteiger partial charge is 0.224 e. The molecule has 2 amide bonds. The second-order valence-corrected chi connectivity index (χ2v) is 10.4. The van der Waals surface area contributed by atoms with E-state index in [0.717, 1.165) is 55.4 Å². The lowest BCUT2D eigenvalue weighted by Gasteiger charge is -2.31. The standard InChI is InChI=1S/C30H35N3O2S/c1-24(34)31-27-12-14-29(15-13-27)36-23-28(22-26-10-6-3-7-11-26)33-21-20-32(19-17-30(33)35)18-16-25-8-4-2-5-9-25/h2-15,28H,16-23H2,1H3,(H,31,34)/t28-/m1/s1. The molecule has 6 heteroatoms. The summed E-state index contributed by atoms with van der Waals surface area (Å²) in [6, 6.07) is 29.1. The van der Waals surface area contributed by atoms with Crippen LogP contribution in [0.15, 0.2) is 89.8 Å². The molecule has 5 nitrogen and oxygen atoms in total. The van der Waals surface area contributed by atoms with E-state index in [4.69, 9.17) is 0 Å². The van der Waals surface area contributed by atoms with Crippen LogP contribution in [0.1, 0.15) is 24.5 Å². The fourth-order valence-electron chi connectivity index (χ4n) is 4.60. The molecule has 0 radical (unpaired) electrons. The molecule has 0 unspecified atom stereocenters. The van der Waals surface area contributed by atoms with Crippen LogP contribution < -0.4 is 5.32 Å². The summed E-state index contributed by atoms with van der Waals surface area (Å²) in [6.07, 6.45) is 2.41. The van der Waals surface area contributed by atoms with Gasteiger partial charge in [-0.2, -0.15) is 0 Å². The number of hydrogen-bond acceptors (Lipinski definition) is 4. The third-order valence-electron chi connectivity index (χ3n) is 6.55. The van der Waals surface area contributed by atoms with Crippen molar-refractivity contribution >= 4 is 29.3 Å². The van der Waals surface area contributed by atoms with Gasteiger partial charge in [0.05, 0.1) is 0 Å². The Morgan fingerprint density at radius 1 is 0.889 bits per heavy atom. The van der Waals surface area contributed by atoms with E-state index < -0.39 is 0 Å². The van der Waals surface area contributed by atoms with E-state index in [1.54, 1.807) is 11.8 Å². The van der Waals surface area contributed by atoms with E-state index in [1.807, 2.05) is 36.4 Å². The molecule has 36 heavy (non-hydrogen) atoms. The van der Waals surface area contributed by atoms with Crippen molar-refractivity contribution < 1.29 is 9.59 Å². The van der Waals surface area contributed by atoms with Crippen LogP contribution in [0, 0.1) is 0 Å². The summed E-state index contributed by atoms with van der Waals surface area (Å²) in [5.74, 6) is 1.000. The number of anilines is 1. The highest BCUT2D eigenvalue weighted by Gasteiger charge is 2.27. The fraction of sp³-hybridized carbons (Fsp3) is 0.333. The van der Waals surface area contributed by atoms with Crippen molar-refractivity contribution in [3.8, 4) is 0 Å². The number of benzene rings is 3. The van der Waals surface area contributed by atoms with Crippen molar-refractivity contribution in [2.24, 2.45) is 0 Å². The SMILES string of the molecule is CC(=O)Nc1ccc(SC[C@@H](Cc2ccccc2)N2CCN(CCc3ccccc3)CCC2=O)cc1. The van der Waals surface area contributed by atoms with E-state index in [2.05, 4.69) is 63.6 Å². The Labute approximate surface area is 218 Å². The Balaban J connectivity index is 1.40. The number of nitrogens with one attached hydrogen (secondary N) is 1. The minimum absolute atomic E-state index is 0.0733. The molecule has 0 spiro atoms. The highest BCUT2D eigenvalue weighted by Crippen LogP contribution is 2.25.